The van der Waals surface area contributed by atoms with Gasteiger partial charge in [0.05, 0.1) is 10.6 Å². The molecule has 0 aliphatic rings. The van der Waals surface area contributed by atoms with Crippen LogP contribution in [0.15, 0.2) is 71.6 Å². The molecule has 0 unspecified atom stereocenters. The van der Waals surface area contributed by atoms with Gasteiger partial charge in [0.2, 0.25) is 11.8 Å². The lowest BCUT2D eigenvalue weighted by molar-refractivity contribution is -0.141. The number of hydrogen-bond donors (Lipinski definition) is 1. The molecule has 11 heteroatoms. The Labute approximate surface area is 257 Å². The molecule has 0 spiro atoms. The van der Waals surface area contributed by atoms with Crippen LogP contribution in [0.5, 0.6) is 0 Å². The number of nitrogens with zero attached hydrogens (tertiary/aromatic N) is 2. The smallest absolute Gasteiger partial charge is 0.264 e. The maximum absolute atomic E-state index is 14.2. The molecule has 2 amide bonds. The molecule has 220 valence electrons. The molecule has 3 rings (SSSR count). The maximum atomic E-state index is 14.2. The minimum absolute atomic E-state index is 0.00499. The van der Waals surface area contributed by atoms with Crippen molar-refractivity contribution in [2.24, 2.45) is 0 Å². The van der Waals surface area contributed by atoms with E-state index < -0.39 is 34.1 Å². The van der Waals surface area contributed by atoms with Gasteiger partial charge in [0.15, 0.2) is 0 Å². The van der Waals surface area contributed by atoms with Crippen LogP contribution in [0.4, 0.5) is 5.69 Å². The molecule has 0 saturated carbocycles. The summed E-state index contributed by atoms with van der Waals surface area (Å²) >= 11 is 19.3. The van der Waals surface area contributed by atoms with E-state index in [0.29, 0.717) is 26.2 Å². The van der Waals surface area contributed by atoms with Gasteiger partial charge in [0, 0.05) is 32.7 Å². The van der Waals surface area contributed by atoms with Crippen LogP contribution in [0.1, 0.15) is 45.2 Å². The Bertz CT molecular complexity index is 1490. The van der Waals surface area contributed by atoms with E-state index in [1.165, 1.54) is 17.0 Å². The van der Waals surface area contributed by atoms with Gasteiger partial charge in [-0.2, -0.15) is 0 Å². The molecular formula is C30H34Cl3N3O4S. The highest BCUT2D eigenvalue weighted by molar-refractivity contribution is 7.92. The number of nitrogens with one attached hydrogen (secondary N) is 1. The second-order valence-electron chi connectivity index (χ2n) is 10.6. The van der Waals surface area contributed by atoms with Crippen LogP contribution in [0.25, 0.3) is 0 Å². The minimum Gasteiger partial charge on any atom is -0.350 e. The zero-order valence-electron chi connectivity index (χ0n) is 23.6. The number of hydrogen-bond acceptors (Lipinski definition) is 4. The zero-order chi connectivity index (χ0) is 30.5. The molecule has 1 N–H and O–H groups in total. The molecule has 0 aliphatic carbocycles. The molecular weight excluding hydrogens is 605 g/mol. The first-order chi connectivity index (χ1) is 19.2. The number of sulfonamides is 1. The van der Waals surface area contributed by atoms with Gasteiger partial charge in [-0.1, -0.05) is 72.1 Å². The quantitative estimate of drug-likeness (QED) is 0.263. The van der Waals surface area contributed by atoms with Crippen molar-refractivity contribution >= 4 is 62.3 Å². The largest absolute Gasteiger partial charge is 0.350 e. The summed E-state index contributed by atoms with van der Waals surface area (Å²) in [6.07, 6.45) is 0.261. The monoisotopic (exact) mass is 637 g/mol. The van der Waals surface area contributed by atoms with Crippen LogP contribution in [0.3, 0.4) is 0 Å². The van der Waals surface area contributed by atoms with Gasteiger partial charge in [-0.25, -0.2) is 8.42 Å². The fourth-order valence-corrected chi connectivity index (χ4v) is 6.50. The van der Waals surface area contributed by atoms with Crippen LogP contribution < -0.4 is 9.62 Å². The first kappa shape index (κ1) is 32.7. The van der Waals surface area contributed by atoms with Crippen molar-refractivity contribution in [2.75, 3.05) is 10.8 Å². The molecule has 0 aliphatic heterocycles. The fraction of sp³-hybridized carbons (Fsp3) is 0.333. The molecule has 0 saturated heterocycles. The van der Waals surface area contributed by atoms with E-state index in [4.69, 9.17) is 34.8 Å². The van der Waals surface area contributed by atoms with Crippen molar-refractivity contribution in [2.45, 2.75) is 64.1 Å². The number of rotatable bonds is 10. The van der Waals surface area contributed by atoms with E-state index in [-0.39, 0.29) is 29.5 Å². The Morgan fingerprint density at radius 3 is 2.00 bits per heavy atom. The van der Waals surface area contributed by atoms with E-state index in [1.54, 1.807) is 68.4 Å². The lowest BCUT2D eigenvalue weighted by Crippen LogP contribution is -2.55. The molecule has 0 fully saturated rings. The van der Waals surface area contributed by atoms with Crippen molar-refractivity contribution < 1.29 is 18.0 Å². The lowest BCUT2D eigenvalue weighted by atomic mass is 10.1. The molecule has 1 atom stereocenters. The van der Waals surface area contributed by atoms with E-state index in [2.05, 4.69) is 5.32 Å². The lowest BCUT2D eigenvalue weighted by Gasteiger charge is -2.35. The molecule has 0 bridgehead atoms. The van der Waals surface area contributed by atoms with Crippen LogP contribution in [0, 0.1) is 6.92 Å². The third-order valence-electron chi connectivity index (χ3n) is 6.39. The number of carbonyl (C=O) groups excluding carboxylic acids is 2. The van der Waals surface area contributed by atoms with Crippen LogP contribution >= 0.6 is 34.8 Å². The predicted octanol–water partition coefficient (Wildman–Crippen LogP) is 6.87. The van der Waals surface area contributed by atoms with Gasteiger partial charge in [-0.05, 0) is 76.1 Å². The van der Waals surface area contributed by atoms with E-state index >= 15 is 0 Å². The summed E-state index contributed by atoms with van der Waals surface area (Å²) in [5, 5.41) is 3.92. The number of amides is 2. The topological polar surface area (TPSA) is 86.8 Å². The Hall–Kier alpha value is -2.78. The van der Waals surface area contributed by atoms with E-state index in [0.717, 1.165) is 4.31 Å². The predicted molar refractivity (Wildman–Crippen MR) is 166 cm³/mol. The standard InChI is InChI=1S/C30H34Cl3N3O4S/c1-6-26(29(38)34-30(3,4)5)35(18-22-24(32)15-10-16-25(22)33)28(37)19-36(27-17-11-14-23(31)20(27)2)41(39,40)21-12-8-7-9-13-21/h7-17,26H,6,18-19H2,1-5H3,(H,34,38)/t26-/m1/s1. The van der Waals surface area contributed by atoms with Crippen molar-refractivity contribution in [3.63, 3.8) is 0 Å². The van der Waals surface area contributed by atoms with Gasteiger partial charge < -0.3 is 10.2 Å². The summed E-state index contributed by atoms with van der Waals surface area (Å²) in [5.74, 6) is -0.997. The van der Waals surface area contributed by atoms with Crippen molar-refractivity contribution in [1.29, 1.82) is 0 Å². The average molecular weight is 639 g/mol. The third kappa shape index (κ3) is 7.95. The molecule has 0 heterocycles. The Kier molecular flexibility index (Phi) is 10.7. The van der Waals surface area contributed by atoms with Crippen LogP contribution in [-0.2, 0) is 26.2 Å². The highest BCUT2D eigenvalue weighted by atomic mass is 35.5. The Morgan fingerprint density at radius 1 is 0.878 bits per heavy atom. The average Bonchev–Trinajstić information content (AvgIpc) is 2.90. The molecule has 3 aromatic carbocycles. The van der Waals surface area contributed by atoms with Gasteiger partial charge >= 0.3 is 0 Å². The molecule has 41 heavy (non-hydrogen) atoms. The minimum atomic E-state index is -4.22. The van der Waals surface area contributed by atoms with E-state index in [9.17, 15) is 18.0 Å². The Morgan fingerprint density at radius 2 is 1.44 bits per heavy atom. The first-order valence-corrected chi connectivity index (χ1v) is 15.6. The normalized spacial score (nSPS) is 12.5. The number of benzene rings is 3. The second kappa shape index (κ2) is 13.5. The summed E-state index contributed by atoms with van der Waals surface area (Å²) in [4.78, 5) is 29.0. The van der Waals surface area contributed by atoms with Crippen LogP contribution in [-0.4, -0.2) is 43.3 Å². The summed E-state index contributed by atoms with van der Waals surface area (Å²) in [7, 11) is -4.22. The number of carbonyl (C=O) groups is 2. The van der Waals surface area contributed by atoms with Crippen molar-refractivity contribution in [1.82, 2.24) is 10.2 Å². The third-order valence-corrected chi connectivity index (χ3v) is 9.28. The van der Waals surface area contributed by atoms with Crippen molar-refractivity contribution in [3.05, 3.63) is 92.9 Å². The first-order valence-electron chi connectivity index (χ1n) is 13.0. The SMILES string of the molecule is CC[C@H](C(=O)NC(C)(C)C)N(Cc1c(Cl)cccc1Cl)C(=O)CN(c1cccc(Cl)c1C)S(=O)(=O)c1ccccc1. The van der Waals surface area contributed by atoms with Gasteiger partial charge in [-0.15, -0.1) is 0 Å². The summed E-state index contributed by atoms with van der Waals surface area (Å²) < 4.78 is 29.0. The highest BCUT2D eigenvalue weighted by Crippen LogP contribution is 2.32. The number of anilines is 1. The van der Waals surface area contributed by atoms with E-state index in [1.807, 2.05) is 20.8 Å². The molecule has 3 aromatic rings. The highest BCUT2D eigenvalue weighted by Gasteiger charge is 2.35. The van der Waals surface area contributed by atoms with Crippen molar-refractivity contribution in [3.8, 4) is 0 Å². The summed E-state index contributed by atoms with van der Waals surface area (Å²) in [6, 6.07) is 16.7. The second-order valence-corrected chi connectivity index (χ2v) is 13.7. The van der Waals surface area contributed by atoms with Gasteiger partial charge in [-0.3, -0.25) is 13.9 Å². The maximum Gasteiger partial charge on any atom is 0.264 e. The number of halogens is 3. The summed E-state index contributed by atoms with van der Waals surface area (Å²) in [5.41, 5.74) is 0.613. The summed E-state index contributed by atoms with van der Waals surface area (Å²) in [6.45, 7) is 8.27. The molecule has 0 aromatic heterocycles. The fourth-order valence-electron chi connectivity index (χ4n) is 4.33. The van der Waals surface area contributed by atoms with Gasteiger partial charge in [0.1, 0.15) is 12.6 Å². The van der Waals surface area contributed by atoms with Gasteiger partial charge in [0.25, 0.3) is 10.0 Å². The van der Waals surface area contributed by atoms with Crippen LogP contribution in [0.2, 0.25) is 15.1 Å². The molecule has 7 nitrogen and oxygen atoms in total. The zero-order valence-corrected chi connectivity index (χ0v) is 26.7. The Balaban J connectivity index is 2.15. The molecule has 0 radical (unpaired) electrons.